The molecule has 0 spiro atoms. The molecule has 0 bridgehead atoms. The molecular weight excluding hydrogens is 1020 g/mol. The highest BCUT2D eigenvalue weighted by Crippen LogP contribution is 2.43. The van der Waals surface area contributed by atoms with Gasteiger partial charge in [0.2, 0.25) is 0 Å². The van der Waals surface area contributed by atoms with Gasteiger partial charge in [-0.15, -0.1) is 0 Å². The van der Waals surface area contributed by atoms with E-state index in [1.165, 1.54) is 6.42 Å². The minimum Gasteiger partial charge on any atom is -0.462 e. The first-order valence-corrected chi connectivity index (χ1v) is 31.9. The Morgan fingerprint density at radius 3 is 1.00 bits per heavy atom. The Labute approximate surface area is 485 Å². The molecule has 0 aromatic rings. The van der Waals surface area contributed by atoms with Crippen LogP contribution in [0, 0.1) is 0 Å². The molecule has 3 atom stereocenters. The number of hydrogen-bond acceptors (Lipinski definition) is 10. The zero-order valence-electron chi connectivity index (χ0n) is 49.7. The van der Waals surface area contributed by atoms with Crippen LogP contribution in [0.25, 0.3) is 0 Å². The molecule has 2 N–H and O–H groups in total. The summed E-state index contributed by atoms with van der Waals surface area (Å²) in [6.45, 7) is 4.18. The van der Waals surface area contributed by atoms with E-state index in [0.29, 0.717) is 25.7 Å². The molecule has 0 heterocycles. The number of phosphoric acid groups is 1. The number of hydrogen-bond donors (Lipinski definition) is 2. The van der Waals surface area contributed by atoms with Crippen molar-refractivity contribution in [2.45, 2.75) is 226 Å². The molecule has 0 aromatic carbocycles. The van der Waals surface area contributed by atoms with Crippen molar-refractivity contribution < 1.29 is 52.2 Å². The molecule has 0 fully saturated rings. The fourth-order valence-electron chi connectivity index (χ4n) is 7.43. The maximum atomic E-state index is 12.9. The van der Waals surface area contributed by atoms with Crippen molar-refractivity contribution in [1.29, 1.82) is 0 Å². The molecule has 3 unspecified atom stereocenters. The van der Waals surface area contributed by atoms with Crippen LogP contribution in [0.5, 0.6) is 0 Å². The summed E-state index contributed by atoms with van der Waals surface area (Å²) in [7, 11) is -4.79. The minimum absolute atomic E-state index is 0.0866. The van der Waals surface area contributed by atoms with Crippen LogP contribution in [-0.4, -0.2) is 66.5 Å². The van der Waals surface area contributed by atoms with Crippen molar-refractivity contribution in [1.82, 2.24) is 0 Å². The van der Waals surface area contributed by atoms with Crippen molar-refractivity contribution in [3.05, 3.63) is 158 Å². The summed E-state index contributed by atoms with van der Waals surface area (Å²) in [5.74, 6) is -1.60. The Balaban J connectivity index is 4.88. The van der Waals surface area contributed by atoms with Gasteiger partial charge in [-0.05, 0) is 135 Å². The molecule has 0 aliphatic carbocycles. The number of carbonyl (C=O) groups is 3. The highest BCUT2D eigenvalue weighted by Gasteiger charge is 2.28. The van der Waals surface area contributed by atoms with Gasteiger partial charge in [-0.1, -0.05) is 217 Å². The zero-order chi connectivity index (χ0) is 58.3. The normalized spacial score (nSPS) is 14.4. The zero-order valence-corrected chi connectivity index (χ0v) is 50.6. The SMILES string of the molecule is CC/C=C\C/C=C\C/C=C\C/C=C\C/C=C\CCCCCC(=O)OC(COC(=O)CCCCCCCCC/C=C\C/C=C\C/C=C\CC)COP(=O)(O)OCC(CO)OC(=O)CCC/C=C\C/C=C\C/C=C\C/C=C\C/C=C\CC. The number of esters is 3. The van der Waals surface area contributed by atoms with Crippen LogP contribution in [0.1, 0.15) is 213 Å². The maximum Gasteiger partial charge on any atom is 0.472 e. The van der Waals surface area contributed by atoms with Crippen LogP contribution in [0.3, 0.4) is 0 Å². The van der Waals surface area contributed by atoms with Gasteiger partial charge in [0.25, 0.3) is 0 Å². The van der Waals surface area contributed by atoms with Gasteiger partial charge in [0.15, 0.2) is 6.10 Å². The van der Waals surface area contributed by atoms with Gasteiger partial charge in [0.1, 0.15) is 12.7 Å². The number of carbonyl (C=O) groups excluding carboxylic acids is 3. The lowest BCUT2D eigenvalue weighted by Gasteiger charge is -2.21. The molecule has 12 heteroatoms. The van der Waals surface area contributed by atoms with Crippen molar-refractivity contribution in [3.8, 4) is 0 Å². The molecule has 0 aliphatic heterocycles. The second-order valence-electron chi connectivity index (χ2n) is 19.4. The van der Waals surface area contributed by atoms with E-state index in [0.717, 1.165) is 141 Å². The first-order valence-electron chi connectivity index (χ1n) is 30.4. The van der Waals surface area contributed by atoms with Crippen molar-refractivity contribution in [3.63, 3.8) is 0 Å². The van der Waals surface area contributed by atoms with Gasteiger partial charge in [0.05, 0.1) is 19.8 Å². The third-order valence-corrected chi connectivity index (χ3v) is 12.9. The van der Waals surface area contributed by atoms with E-state index in [2.05, 4.69) is 167 Å². The quantitative estimate of drug-likeness (QED) is 0.0197. The van der Waals surface area contributed by atoms with Crippen LogP contribution in [0.15, 0.2) is 158 Å². The Kier molecular flexibility index (Phi) is 56.5. The minimum atomic E-state index is -4.79. The van der Waals surface area contributed by atoms with Crippen LogP contribution in [-0.2, 0) is 42.2 Å². The van der Waals surface area contributed by atoms with E-state index in [-0.39, 0.29) is 25.9 Å². The van der Waals surface area contributed by atoms with E-state index >= 15 is 0 Å². The van der Waals surface area contributed by atoms with Crippen LogP contribution < -0.4 is 0 Å². The summed E-state index contributed by atoms with van der Waals surface area (Å²) in [6, 6.07) is 0. The number of allylic oxidation sites excluding steroid dienone is 26. The summed E-state index contributed by atoms with van der Waals surface area (Å²) in [4.78, 5) is 48.7. The largest absolute Gasteiger partial charge is 0.472 e. The fourth-order valence-corrected chi connectivity index (χ4v) is 8.22. The predicted molar refractivity (Wildman–Crippen MR) is 334 cm³/mol. The van der Waals surface area contributed by atoms with E-state index in [4.69, 9.17) is 23.3 Å². The van der Waals surface area contributed by atoms with E-state index < -0.39 is 57.8 Å². The molecule has 0 radical (unpaired) electrons. The lowest BCUT2D eigenvalue weighted by atomic mass is 10.1. The number of aliphatic hydroxyl groups excluding tert-OH is 1. The average molecular weight is 1130 g/mol. The van der Waals surface area contributed by atoms with Gasteiger partial charge in [-0.2, -0.15) is 0 Å². The first kappa shape index (κ1) is 75.1. The van der Waals surface area contributed by atoms with Crippen molar-refractivity contribution in [2.24, 2.45) is 0 Å². The molecular formula is C68H107O11P. The Hall–Kier alpha value is -4.90. The molecule has 0 rings (SSSR count). The van der Waals surface area contributed by atoms with Crippen LogP contribution >= 0.6 is 7.82 Å². The summed E-state index contributed by atoms with van der Waals surface area (Å²) in [5.41, 5.74) is 0. The van der Waals surface area contributed by atoms with Gasteiger partial charge >= 0.3 is 25.7 Å². The third kappa shape index (κ3) is 57.8. The third-order valence-electron chi connectivity index (χ3n) is 11.9. The summed E-state index contributed by atoms with van der Waals surface area (Å²) < 4.78 is 39.5. The summed E-state index contributed by atoms with van der Waals surface area (Å²) in [5, 5.41) is 9.83. The smallest absolute Gasteiger partial charge is 0.462 e. The Bertz CT molecular complexity index is 1950. The molecule has 0 amide bonds. The van der Waals surface area contributed by atoms with E-state index in [9.17, 15) is 28.9 Å². The molecule has 0 saturated heterocycles. The second-order valence-corrected chi connectivity index (χ2v) is 20.8. The monoisotopic (exact) mass is 1130 g/mol. The Morgan fingerprint density at radius 1 is 0.350 bits per heavy atom. The molecule has 450 valence electrons. The molecule has 0 aliphatic rings. The van der Waals surface area contributed by atoms with E-state index in [1.54, 1.807) is 0 Å². The predicted octanol–water partition coefficient (Wildman–Crippen LogP) is 18.5. The van der Waals surface area contributed by atoms with Gasteiger partial charge in [-0.25, -0.2) is 4.57 Å². The second kappa shape index (κ2) is 60.2. The van der Waals surface area contributed by atoms with Gasteiger partial charge < -0.3 is 24.2 Å². The lowest BCUT2D eigenvalue weighted by molar-refractivity contribution is -0.161. The number of ether oxygens (including phenoxy) is 3. The van der Waals surface area contributed by atoms with Crippen LogP contribution in [0.4, 0.5) is 0 Å². The number of phosphoric ester groups is 1. The molecule has 80 heavy (non-hydrogen) atoms. The van der Waals surface area contributed by atoms with Crippen LogP contribution in [0.2, 0.25) is 0 Å². The number of aliphatic hydroxyl groups is 1. The van der Waals surface area contributed by atoms with Gasteiger partial charge in [-0.3, -0.25) is 23.4 Å². The van der Waals surface area contributed by atoms with Crippen molar-refractivity contribution in [2.75, 3.05) is 26.4 Å². The average Bonchev–Trinajstić information content (AvgIpc) is 3.45. The standard InChI is InChI=1S/C68H107O11P/c1-4-7-10-13-16-19-22-25-28-31-32-35-38-41-44-47-50-53-56-59-68(72)79-65(61-75-66(70)57-54-51-48-45-42-39-36-33-29-26-23-20-17-14-11-8-5-2)63-77-80(73,74)76-62-64(60-69)78-67(71)58-55-52-49-46-43-40-37-34-30-27-24-21-18-15-12-9-6-3/h7-12,16-21,25-30,32,35,37,40-41,44,46,49,64-65,69H,4-6,13-15,22-24,31,33-34,36,38-39,42-43,45,47-48,50-63H2,1-3H3,(H,73,74)/b10-7-,11-8-,12-9-,19-16-,20-17-,21-18-,28-25-,29-26-,30-27-,35-32-,40-37-,44-41-,49-46-. The molecule has 0 saturated carbocycles. The van der Waals surface area contributed by atoms with Crippen molar-refractivity contribution >= 4 is 25.7 Å². The van der Waals surface area contributed by atoms with E-state index in [1.807, 2.05) is 12.2 Å². The molecule has 11 nitrogen and oxygen atoms in total. The number of unbranched alkanes of at least 4 members (excludes halogenated alkanes) is 11. The lowest BCUT2D eigenvalue weighted by Crippen LogP contribution is -2.30. The summed E-state index contributed by atoms with van der Waals surface area (Å²) >= 11 is 0. The fraction of sp³-hybridized carbons (Fsp3) is 0.574. The summed E-state index contributed by atoms with van der Waals surface area (Å²) in [6.07, 6.45) is 79.2. The maximum absolute atomic E-state index is 12.9. The Morgan fingerprint density at radius 2 is 0.625 bits per heavy atom. The highest BCUT2D eigenvalue weighted by atomic mass is 31.2. The van der Waals surface area contributed by atoms with Gasteiger partial charge in [0, 0.05) is 19.3 Å². The topological polar surface area (TPSA) is 155 Å². The first-order chi connectivity index (χ1) is 39.2. The molecule has 0 aromatic heterocycles. The highest BCUT2D eigenvalue weighted by molar-refractivity contribution is 7.47. The number of rotatable bonds is 54.